The monoisotopic (exact) mass is 442 g/mol. The van der Waals surface area contributed by atoms with Crippen LogP contribution < -0.4 is 10.6 Å². The topological polar surface area (TPSA) is 84.5 Å². The summed E-state index contributed by atoms with van der Waals surface area (Å²) in [6.07, 6.45) is 7.77. The number of fused-ring (bicyclic) bond motifs is 1. The number of ether oxygens (including phenoxy) is 1. The Balaban J connectivity index is 1.16. The number of rotatable bonds is 5. The number of amides is 2. The van der Waals surface area contributed by atoms with Crippen molar-refractivity contribution in [3.05, 3.63) is 23.8 Å². The zero-order valence-electron chi connectivity index (χ0n) is 18.1. The van der Waals surface area contributed by atoms with E-state index in [0.29, 0.717) is 11.3 Å². The molecular weight excluding hydrogens is 412 g/mol. The molecule has 0 aromatic heterocycles. The first-order chi connectivity index (χ1) is 14.8. The molecule has 2 atom stereocenters. The van der Waals surface area contributed by atoms with Crippen LogP contribution in [-0.4, -0.2) is 35.7 Å². The minimum Gasteiger partial charge on any atom is -0.452 e. The van der Waals surface area contributed by atoms with E-state index in [4.69, 9.17) is 4.74 Å². The van der Waals surface area contributed by atoms with Gasteiger partial charge in [0.25, 0.3) is 5.91 Å². The van der Waals surface area contributed by atoms with Crippen molar-refractivity contribution >= 4 is 35.2 Å². The number of carbonyl (C=O) groups is 3. The summed E-state index contributed by atoms with van der Waals surface area (Å²) in [6, 6.07) is 5.20. The fraction of sp³-hybridized carbons (Fsp3) is 0.625. The molecule has 4 saturated carbocycles. The quantitative estimate of drug-likeness (QED) is 0.674. The highest BCUT2D eigenvalue weighted by molar-refractivity contribution is 8.00. The molecule has 1 aromatic rings. The number of hydrogen-bond acceptors (Lipinski definition) is 5. The van der Waals surface area contributed by atoms with E-state index in [2.05, 4.69) is 17.6 Å². The maximum Gasteiger partial charge on any atom is 0.338 e. The van der Waals surface area contributed by atoms with E-state index in [0.717, 1.165) is 22.6 Å². The lowest BCUT2D eigenvalue weighted by Gasteiger charge is -2.59. The second-order valence-electron chi connectivity index (χ2n) is 10.1. The van der Waals surface area contributed by atoms with Crippen LogP contribution in [-0.2, 0) is 14.3 Å². The van der Waals surface area contributed by atoms with Crippen molar-refractivity contribution in [1.82, 2.24) is 5.32 Å². The highest BCUT2D eigenvalue weighted by atomic mass is 32.2. The molecule has 6 rings (SSSR count). The van der Waals surface area contributed by atoms with Crippen molar-refractivity contribution in [1.29, 1.82) is 0 Å². The van der Waals surface area contributed by atoms with Crippen molar-refractivity contribution in [2.45, 2.75) is 68.6 Å². The maximum absolute atomic E-state index is 12.5. The molecule has 2 amide bonds. The lowest BCUT2D eigenvalue weighted by molar-refractivity contribution is -0.128. The van der Waals surface area contributed by atoms with Crippen LogP contribution >= 0.6 is 11.8 Å². The van der Waals surface area contributed by atoms with Gasteiger partial charge in [0.1, 0.15) is 0 Å². The third-order valence-corrected chi connectivity index (χ3v) is 9.04. The molecule has 1 aliphatic heterocycles. The van der Waals surface area contributed by atoms with Gasteiger partial charge in [-0.25, -0.2) is 4.79 Å². The Hall–Kier alpha value is -2.02. The first-order valence-corrected chi connectivity index (χ1v) is 12.3. The Bertz CT molecular complexity index is 895. The molecule has 2 N–H and O–H groups in total. The van der Waals surface area contributed by atoms with Crippen LogP contribution in [0.15, 0.2) is 23.1 Å². The highest BCUT2D eigenvalue weighted by Gasteiger charge is 2.53. The van der Waals surface area contributed by atoms with E-state index in [1.807, 2.05) is 13.0 Å². The van der Waals surface area contributed by atoms with Crippen LogP contribution in [0.25, 0.3) is 0 Å². The fourth-order valence-electron chi connectivity index (χ4n) is 6.69. The van der Waals surface area contributed by atoms with Gasteiger partial charge in [0.05, 0.1) is 16.5 Å². The smallest absolute Gasteiger partial charge is 0.338 e. The number of esters is 1. The van der Waals surface area contributed by atoms with E-state index < -0.39 is 5.97 Å². The van der Waals surface area contributed by atoms with Crippen LogP contribution in [0.5, 0.6) is 0 Å². The predicted molar refractivity (Wildman–Crippen MR) is 119 cm³/mol. The number of hydrogen-bond donors (Lipinski definition) is 2. The average Bonchev–Trinajstić information content (AvgIpc) is 2.71. The van der Waals surface area contributed by atoms with Gasteiger partial charge in [0, 0.05) is 10.9 Å². The molecule has 6 nitrogen and oxygen atoms in total. The number of anilines is 1. The van der Waals surface area contributed by atoms with E-state index in [9.17, 15) is 14.4 Å². The van der Waals surface area contributed by atoms with Gasteiger partial charge in [-0.1, -0.05) is 0 Å². The Morgan fingerprint density at radius 2 is 1.84 bits per heavy atom. The van der Waals surface area contributed by atoms with Crippen LogP contribution in [0, 0.1) is 23.2 Å². The number of carbonyl (C=O) groups excluding carboxylic acids is 3. The van der Waals surface area contributed by atoms with E-state index >= 15 is 0 Å². The first kappa shape index (κ1) is 20.9. The highest BCUT2D eigenvalue weighted by Crippen LogP contribution is 2.61. The average molecular weight is 443 g/mol. The molecule has 1 aromatic carbocycles. The third-order valence-electron chi connectivity index (χ3n) is 7.86. The molecule has 1 heterocycles. The van der Waals surface area contributed by atoms with Crippen molar-refractivity contribution in [2.75, 3.05) is 11.9 Å². The lowest BCUT2D eigenvalue weighted by Crippen LogP contribution is -2.56. The van der Waals surface area contributed by atoms with Crippen molar-refractivity contribution < 1.29 is 19.1 Å². The van der Waals surface area contributed by atoms with Gasteiger partial charge in [-0.3, -0.25) is 9.59 Å². The molecule has 31 heavy (non-hydrogen) atoms. The van der Waals surface area contributed by atoms with Gasteiger partial charge in [-0.15, -0.1) is 11.8 Å². The van der Waals surface area contributed by atoms with E-state index in [1.54, 1.807) is 12.1 Å². The SMILES string of the molecule is CC1Sc2ccc(C(=O)OCC(=O)NC(C)C34CC5CC(CC(C5)C3)C4)cc2NC1=O. The van der Waals surface area contributed by atoms with Crippen LogP contribution in [0.3, 0.4) is 0 Å². The Labute approximate surface area is 187 Å². The molecule has 166 valence electrons. The summed E-state index contributed by atoms with van der Waals surface area (Å²) in [7, 11) is 0. The largest absolute Gasteiger partial charge is 0.452 e. The first-order valence-electron chi connectivity index (χ1n) is 11.4. The lowest BCUT2D eigenvalue weighted by atomic mass is 9.48. The van der Waals surface area contributed by atoms with Gasteiger partial charge in [0.2, 0.25) is 5.91 Å². The normalized spacial score (nSPS) is 33.9. The maximum atomic E-state index is 12.5. The van der Waals surface area contributed by atoms with Crippen molar-refractivity contribution in [2.24, 2.45) is 23.2 Å². The summed E-state index contributed by atoms with van der Waals surface area (Å²) >= 11 is 1.46. The summed E-state index contributed by atoms with van der Waals surface area (Å²) in [5, 5.41) is 5.78. The second-order valence-corrected chi connectivity index (χ2v) is 11.5. The summed E-state index contributed by atoms with van der Waals surface area (Å²) < 4.78 is 5.28. The summed E-state index contributed by atoms with van der Waals surface area (Å²) in [5.74, 6) is 1.60. The van der Waals surface area contributed by atoms with Gasteiger partial charge < -0.3 is 15.4 Å². The Kier molecular flexibility index (Phi) is 5.27. The summed E-state index contributed by atoms with van der Waals surface area (Å²) in [4.78, 5) is 37.8. The Morgan fingerprint density at radius 3 is 2.48 bits per heavy atom. The van der Waals surface area contributed by atoms with Gasteiger partial charge in [0.15, 0.2) is 6.61 Å². The summed E-state index contributed by atoms with van der Waals surface area (Å²) in [6.45, 7) is 3.68. The van der Waals surface area contributed by atoms with Gasteiger partial charge in [-0.2, -0.15) is 0 Å². The number of benzene rings is 1. The van der Waals surface area contributed by atoms with Crippen LogP contribution in [0.1, 0.15) is 62.7 Å². The fourth-order valence-corrected chi connectivity index (χ4v) is 7.62. The standard InChI is InChI=1S/C24H30N2O4S/c1-13-22(28)26-19-8-18(3-4-20(19)31-13)23(29)30-12-21(27)25-14(2)24-9-15-5-16(10-24)7-17(6-15)11-24/h3-4,8,13-17H,5-7,9-12H2,1-2H3,(H,25,27)(H,26,28). The molecule has 2 unspecified atom stereocenters. The van der Waals surface area contributed by atoms with Crippen LogP contribution in [0.4, 0.5) is 5.69 Å². The molecule has 4 aliphatic carbocycles. The van der Waals surface area contributed by atoms with Crippen LogP contribution in [0.2, 0.25) is 0 Å². The number of thioether (sulfide) groups is 1. The zero-order valence-corrected chi connectivity index (χ0v) is 18.9. The minimum atomic E-state index is -0.557. The molecular formula is C24H30N2O4S. The van der Waals surface area contributed by atoms with Crippen molar-refractivity contribution in [3.8, 4) is 0 Å². The molecule has 5 aliphatic rings. The Morgan fingerprint density at radius 1 is 1.19 bits per heavy atom. The minimum absolute atomic E-state index is 0.0824. The molecule has 4 fully saturated rings. The number of nitrogens with one attached hydrogen (secondary N) is 2. The molecule has 0 saturated heterocycles. The van der Waals surface area contributed by atoms with E-state index in [1.165, 1.54) is 50.3 Å². The van der Waals surface area contributed by atoms with E-state index in [-0.39, 0.29) is 35.1 Å². The third kappa shape index (κ3) is 3.97. The predicted octanol–water partition coefficient (Wildman–Crippen LogP) is 4.00. The zero-order chi connectivity index (χ0) is 21.8. The van der Waals surface area contributed by atoms with Gasteiger partial charge in [-0.05, 0) is 93.7 Å². The molecule has 0 radical (unpaired) electrons. The summed E-state index contributed by atoms with van der Waals surface area (Å²) in [5.41, 5.74) is 1.17. The molecule has 4 bridgehead atoms. The second kappa shape index (κ2) is 7.84. The molecule has 7 heteroatoms. The van der Waals surface area contributed by atoms with Crippen molar-refractivity contribution in [3.63, 3.8) is 0 Å². The van der Waals surface area contributed by atoms with Gasteiger partial charge >= 0.3 is 5.97 Å². The molecule has 0 spiro atoms.